The first-order valence-corrected chi connectivity index (χ1v) is 9.23. The Morgan fingerprint density at radius 2 is 1.95 bits per heavy atom. The molecule has 1 aliphatic heterocycles. The first-order valence-electron chi connectivity index (χ1n) is 6.93. The lowest BCUT2D eigenvalue weighted by molar-refractivity contribution is 0.596. The van der Waals surface area contributed by atoms with E-state index in [4.69, 9.17) is 5.73 Å². The van der Waals surface area contributed by atoms with Gasteiger partial charge in [0.25, 0.3) is 0 Å². The van der Waals surface area contributed by atoms with Crippen LogP contribution in [-0.2, 0) is 9.84 Å². The van der Waals surface area contributed by atoms with Crippen LogP contribution in [0.2, 0.25) is 0 Å². The van der Waals surface area contributed by atoms with Crippen LogP contribution in [0.3, 0.4) is 0 Å². The van der Waals surface area contributed by atoms with Crippen LogP contribution in [0.4, 0.5) is 17.1 Å². The molecular formula is C15H18N2O2S2. The SMILES string of the molecule is CCN1c2ccccc2S(=O)(=O)c2sc(C(C)C)c(N)c21. The second-order valence-corrected chi connectivity index (χ2v) is 8.55. The molecule has 1 aliphatic rings. The fraction of sp³-hybridized carbons (Fsp3) is 0.333. The maximum absolute atomic E-state index is 12.9. The summed E-state index contributed by atoms with van der Waals surface area (Å²) in [4.78, 5) is 3.31. The minimum atomic E-state index is -3.48. The standard InChI is InChI=1S/C15H18N2O2S2/c1-4-17-10-7-5-6-8-11(10)21(18,19)15-13(17)12(16)14(20-15)9(2)3/h5-9H,4,16H2,1-3H3. The van der Waals surface area contributed by atoms with Crippen LogP contribution in [0, 0.1) is 0 Å². The molecule has 3 rings (SSSR count). The van der Waals surface area contributed by atoms with Gasteiger partial charge in [-0.2, -0.15) is 0 Å². The minimum Gasteiger partial charge on any atom is -0.396 e. The summed E-state index contributed by atoms with van der Waals surface area (Å²) in [5, 5.41) is 0. The van der Waals surface area contributed by atoms with Crippen molar-refractivity contribution >= 4 is 38.2 Å². The molecule has 0 fully saturated rings. The molecule has 112 valence electrons. The molecule has 0 aliphatic carbocycles. The summed E-state index contributed by atoms with van der Waals surface area (Å²) >= 11 is 1.31. The van der Waals surface area contributed by atoms with Gasteiger partial charge < -0.3 is 10.6 Å². The van der Waals surface area contributed by atoms with Crippen molar-refractivity contribution in [3.63, 3.8) is 0 Å². The van der Waals surface area contributed by atoms with Crippen LogP contribution in [-0.4, -0.2) is 15.0 Å². The average Bonchev–Trinajstić information content (AvgIpc) is 2.79. The van der Waals surface area contributed by atoms with Crippen molar-refractivity contribution in [2.75, 3.05) is 17.2 Å². The van der Waals surface area contributed by atoms with E-state index in [2.05, 4.69) is 0 Å². The van der Waals surface area contributed by atoms with Gasteiger partial charge >= 0.3 is 0 Å². The topological polar surface area (TPSA) is 63.4 Å². The third-order valence-electron chi connectivity index (χ3n) is 3.72. The van der Waals surface area contributed by atoms with E-state index in [9.17, 15) is 8.42 Å². The van der Waals surface area contributed by atoms with Crippen LogP contribution in [0.15, 0.2) is 33.4 Å². The number of nitrogen functional groups attached to an aromatic ring is 1. The molecule has 0 atom stereocenters. The second-order valence-electron chi connectivity index (χ2n) is 5.39. The highest BCUT2D eigenvalue weighted by atomic mass is 32.2. The Balaban J connectivity index is 2.39. The summed E-state index contributed by atoms with van der Waals surface area (Å²) < 4.78 is 26.1. The molecule has 4 nitrogen and oxygen atoms in total. The number of thiophene rings is 1. The van der Waals surface area contributed by atoms with Crippen molar-refractivity contribution < 1.29 is 8.42 Å². The Hall–Kier alpha value is -1.53. The fourth-order valence-electron chi connectivity index (χ4n) is 2.75. The van der Waals surface area contributed by atoms with Crippen molar-refractivity contribution in [2.45, 2.75) is 35.8 Å². The average molecular weight is 322 g/mol. The second kappa shape index (κ2) is 4.74. The highest BCUT2D eigenvalue weighted by Gasteiger charge is 2.38. The van der Waals surface area contributed by atoms with E-state index in [0.29, 0.717) is 32.7 Å². The predicted octanol–water partition coefficient (Wildman–Crippen LogP) is 3.76. The number of para-hydroxylation sites is 1. The van der Waals surface area contributed by atoms with Gasteiger partial charge in [-0.15, -0.1) is 11.3 Å². The normalized spacial score (nSPS) is 15.9. The molecule has 0 radical (unpaired) electrons. The third kappa shape index (κ3) is 1.89. The van der Waals surface area contributed by atoms with Crippen molar-refractivity contribution in [1.82, 2.24) is 0 Å². The van der Waals surface area contributed by atoms with Crippen LogP contribution >= 0.6 is 11.3 Å². The van der Waals surface area contributed by atoms with E-state index in [1.54, 1.807) is 12.1 Å². The maximum atomic E-state index is 12.9. The van der Waals surface area contributed by atoms with E-state index in [-0.39, 0.29) is 5.92 Å². The molecule has 2 heterocycles. The van der Waals surface area contributed by atoms with E-state index in [1.165, 1.54) is 11.3 Å². The number of hydrogen-bond acceptors (Lipinski definition) is 5. The lowest BCUT2D eigenvalue weighted by Crippen LogP contribution is -2.25. The fourth-order valence-corrected chi connectivity index (χ4v) is 6.07. The summed E-state index contributed by atoms with van der Waals surface area (Å²) in [5.74, 6) is 0.206. The Morgan fingerprint density at radius 3 is 2.57 bits per heavy atom. The Labute approximate surface area is 129 Å². The minimum absolute atomic E-state index is 0.206. The maximum Gasteiger partial charge on any atom is 0.220 e. The van der Waals surface area contributed by atoms with E-state index in [0.717, 1.165) is 4.88 Å². The van der Waals surface area contributed by atoms with Gasteiger partial charge in [-0.3, -0.25) is 0 Å². The Bertz CT molecular complexity index is 807. The number of nitrogens with two attached hydrogens (primary N) is 1. The molecule has 6 heteroatoms. The summed E-state index contributed by atoms with van der Waals surface area (Å²) in [7, 11) is -3.48. The molecule has 0 bridgehead atoms. The molecule has 0 saturated carbocycles. The smallest absolute Gasteiger partial charge is 0.220 e. The van der Waals surface area contributed by atoms with Crippen molar-refractivity contribution in [2.24, 2.45) is 0 Å². The van der Waals surface area contributed by atoms with Crippen molar-refractivity contribution in [3.8, 4) is 0 Å². The highest BCUT2D eigenvalue weighted by molar-refractivity contribution is 7.94. The third-order valence-corrected chi connectivity index (χ3v) is 7.52. The van der Waals surface area contributed by atoms with Gasteiger partial charge in [-0.25, -0.2) is 8.42 Å². The summed E-state index contributed by atoms with van der Waals surface area (Å²) in [6, 6.07) is 7.12. The molecule has 2 N–H and O–H groups in total. The molecule has 1 aromatic heterocycles. The molecule has 0 saturated heterocycles. The first kappa shape index (κ1) is 14.4. The lowest BCUT2D eigenvalue weighted by atomic mass is 10.1. The Morgan fingerprint density at radius 1 is 1.29 bits per heavy atom. The zero-order valence-corrected chi connectivity index (χ0v) is 13.9. The van der Waals surface area contributed by atoms with Crippen LogP contribution in [0.25, 0.3) is 0 Å². The molecule has 0 spiro atoms. The lowest BCUT2D eigenvalue weighted by Gasteiger charge is -2.30. The van der Waals surface area contributed by atoms with E-state index < -0.39 is 9.84 Å². The number of benzene rings is 1. The van der Waals surface area contributed by atoms with Gasteiger partial charge in [-0.1, -0.05) is 26.0 Å². The number of hydrogen-bond donors (Lipinski definition) is 1. The molecule has 2 aromatic rings. The first-order chi connectivity index (χ1) is 9.89. The van der Waals surface area contributed by atoms with Gasteiger partial charge in [0.2, 0.25) is 9.84 Å². The molecular weight excluding hydrogens is 304 g/mol. The number of sulfone groups is 1. The zero-order valence-electron chi connectivity index (χ0n) is 12.3. The number of anilines is 3. The van der Waals surface area contributed by atoms with E-state index >= 15 is 0 Å². The number of fused-ring (bicyclic) bond motifs is 2. The monoisotopic (exact) mass is 322 g/mol. The molecule has 0 unspecified atom stereocenters. The highest BCUT2D eigenvalue weighted by Crippen LogP contribution is 2.53. The summed E-state index contributed by atoms with van der Waals surface area (Å²) in [6.45, 7) is 6.75. The van der Waals surface area contributed by atoms with Gasteiger partial charge in [0, 0.05) is 11.4 Å². The van der Waals surface area contributed by atoms with Gasteiger partial charge in [0.05, 0.1) is 22.0 Å². The largest absolute Gasteiger partial charge is 0.396 e. The Kier molecular flexibility index (Phi) is 3.26. The van der Waals surface area contributed by atoms with Gasteiger partial charge in [0.1, 0.15) is 0 Å². The predicted molar refractivity (Wildman–Crippen MR) is 87.4 cm³/mol. The summed E-state index contributed by atoms with van der Waals surface area (Å²) in [6.07, 6.45) is 0. The number of rotatable bonds is 2. The zero-order chi connectivity index (χ0) is 15.4. The quantitative estimate of drug-likeness (QED) is 0.914. The summed E-state index contributed by atoms with van der Waals surface area (Å²) in [5.41, 5.74) is 8.25. The van der Waals surface area contributed by atoms with Crippen molar-refractivity contribution in [3.05, 3.63) is 29.1 Å². The van der Waals surface area contributed by atoms with Crippen molar-refractivity contribution in [1.29, 1.82) is 0 Å². The van der Waals surface area contributed by atoms with Gasteiger partial charge in [0.15, 0.2) is 4.21 Å². The molecule has 0 amide bonds. The number of nitrogens with zero attached hydrogens (tertiary/aromatic N) is 1. The van der Waals surface area contributed by atoms with E-state index in [1.807, 2.05) is 37.8 Å². The molecule has 1 aromatic carbocycles. The molecule has 21 heavy (non-hydrogen) atoms. The van der Waals surface area contributed by atoms with Gasteiger partial charge in [-0.05, 0) is 25.0 Å². The van der Waals surface area contributed by atoms with Crippen LogP contribution in [0.5, 0.6) is 0 Å². The van der Waals surface area contributed by atoms with Crippen LogP contribution < -0.4 is 10.6 Å². The van der Waals surface area contributed by atoms with Crippen LogP contribution in [0.1, 0.15) is 31.6 Å².